The Kier molecular flexibility index (Phi) is 4.32. The van der Waals surface area contributed by atoms with Gasteiger partial charge in [-0.05, 0) is 12.1 Å². The van der Waals surface area contributed by atoms with E-state index in [1.807, 2.05) is 42.5 Å². The average molecular weight is 182 g/mol. The van der Waals surface area contributed by atoms with Gasteiger partial charge >= 0.3 is 0 Å². The van der Waals surface area contributed by atoms with Crippen LogP contribution in [0.5, 0.6) is 0 Å². The molecule has 0 bridgehead atoms. The summed E-state index contributed by atoms with van der Waals surface area (Å²) in [6.45, 7) is 0.830. The van der Waals surface area contributed by atoms with Crippen molar-refractivity contribution in [3.63, 3.8) is 0 Å². The largest absolute Gasteiger partial charge is 0.382 e. The Bertz CT molecular complexity index is 231. The molecule has 0 amide bonds. The summed E-state index contributed by atoms with van der Waals surface area (Å²) < 4.78 is 0. The van der Waals surface area contributed by atoms with Gasteiger partial charge in [0.05, 0.1) is 0 Å². The number of benzene rings is 1. The summed E-state index contributed by atoms with van der Waals surface area (Å²) in [6, 6.07) is 10.1. The molecule has 0 saturated heterocycles. The lowest BCUT2D eigenvalue weighted by Gasteiger charge is -2.00. The van der Waals surface area contributed by atoms with Crippen molar-refractivity contribution in [2.45, 2.75) is 0 Å². The van der Waals surface area contributed by atoms with Crippen molar-refractivity contribution < 1.29 is 0 Å². The van der Waals surface area contributed by atoms with E-state index >= 15 is 0 Å². The predicted molar refractivity (Wildman–Crippen MR) is 54.8 cm³/mol. The quantitative estimate of drug-likeness (QED) is 0.557. The van der Waals surface area contributed by atoms with Gasteiger partial charge in [-0.2, -0.15) is 0 Å². The monoisotopic (exact) mass is 181 g/mol. The Morgan fingerprint density at radius 1 is 1.17 bits per heavy atom. The number of hydrogen-bond acceptors (Lipinski definition) is 1. The number of anilines is 1. The van der Waals surface area contributed by atoms with Crippen LogP contribution in [0.2, 0.25) is 0 Å². The molecule has 1 rings (SSSR count). The molecule has 64 valence electrons. The molecular weight excluding hydrogens is 170 g/mol. The maximum absolute atomic E-state index is 5.47. The Morgan fingerprint density at radius 2 is 1.92 bits per heavy atom. The van der Waals surface area contributed by atoms with Crippen LogP contribution < -0.4 is 5.32 Å². The van der Waals surface area contributed by atoms with Gasteiger partial charge in [-0.3, -0.25) is 0 Å². The van der Waals surface area contributed by atoms with E-state index in [2.05, 4.69) is 5.32 Å². The molecule has 0 saturated carbocycles. The molecule has 1 aromatic rings. The number of allylic oxidation sites excluding steroid dienone is 1. The third kappa shape index (κ3) is 3.44. The van der Waals surface area contributed by atoms with Gasteiger partial charge in [-0.1, -0.05) is 30.4 Å². The zero-order valence-corrected chi connectivity index (χ0v) is 7.59. The maximum Gasteiger partial charge on any atom is 0.0404 e. The highest BCUT2D eigenvalue weighted by Crippen LogP contribution is 2.03. The van der Waals surface area contributed by atoms with Crippen LogP contribution in [-0.2, 0) is 0 Å². The van der Waals surface area contributed by atoms with Crippen molar-refractivity contribution in [2.24, 2.45) is 0 Å². The number of nitrogens with one attached hydrogen (secondary N) is 1. The molecular formula is C10H12ClN. The zero-order valence-electron chi connectivity index (χ0n) is 6.83. The fourth-order valence-corrected chi connectivity index (χ4v) is 1.01. The Hall–Kier alpha value is -0.950. The molecule has 0 atom stereocenters. The zero-order chi connectivity index (χ0) is 8.65. The van der Waals surface area contributed by atoms with Gasteiger partial charge in [0.25, 0.3) is 0 Å². The van der Waals surface area contributed by atoms with Gasteiger partial charge in [0.15, 0.2) is 0 Å². The van der Waals surface area contributed by atoms with Crippen LogP contribution >= 0.6 is 11.6 Å². The van der Waals surface area contributed by atoms with E-state index in [1.54, 1.807) is 0 Å². The molecule has 0 aliphatic heterocycles. The summed E-state index contributed by atoms with van der Waals surface area (Å²) >= 11 is 5.47. The molecule has 0 aliphatic rings. The first-order valence-corrected chi connectivity index (χ1v) is 4.47. The summed E-state index contributed by atoms with van der Waals surface area (Å²) in [5, 5.41) is 3.23. The highest BCUT2D eigenvalue weighted by atomic mass is 35.5. The van der Waals surface area contributed by atoms with Crippen molar-refractivity contribution in [1.82, 2.24) is 0 Å². The molecule has 2 heteroatoms. The molecule has 1 N–H and O–H groups in total. The van der Waals surface area contributed by atoms with Crippen molar-refractivity contribution in [3.05, 3.63) is 42.5 Å². The number of rotatable bonds is 4. The molecule has 0 spiro atoms. The number of para-hydroxylation sites is 1. The maximum atomic E-state index is 5.47. The van der Waals surface area contributed by atoms with Crippen molar-refractivity contribution in [2.75, 3.05) is 17.7 Å². The fourth-order valence-electron chi connectivity index (χ4n) is 0.879. The van der Waals surface area contributed by atoms with E-state index in [0.29, 0.717) is 5.88 Å². The van der Waals surface area contributed by atoms with Gasteiger partial charge in [0, 0.05) is 18.1 Å². The van der Waals surface area contributed by atoms with Crippen LogP contribution in [0.4, 0.5) is 5.69 Å². The Labute approximate surface area is 78.1 Å². The molecule has 0 aliphatic carbocycles. The lowest BCUT2D eigenvalue weighted by molar-refractivity contribution is 1.33. The molecule has 0 aromatic heterocycles. The molecule has 12 heavy (non-hydrogen) atoms. The van der Waals surface area contributed by atoms with Gasteiger partial charge < -0.3 is 5.32 Å². The van der Waals surface area contributed by atoms with Crippen LogP contribution in [0.15, 0.2) is 42.5 Å². The van der Waals surface area contributed by atoms with Crippen LogP contribution in [0.1, 0.15) is 0 Å². The lowest BCUT2D eigenvalue weighted by atomic mass is 10.3. The molecule has 1 nitrogen and oxygen atoms in total. The highest BCUT2D eigenvalue weighted by Gasteiger charge is 1.83. The third-order valence-electron chi connectivity index (χ3n) is 1.45. The summed E-state index contributed by atoms with van der Waals surface area (Å²) in [5.41, 5.74) is 1.14. The second-order valence-electron chi connectivity index (χ2n) is 2.37. The standard InChI is InChI=1S/C10H12ClN/c11-8-4-5-9-12-10-6-2-1-3-7-10/h1-7,12H,8-9H2/b5-4+. The van der Waals surface area contributed by atoms with Crippen LogP contribution in [-0.4, -0.2) is 12.4 Å². The summed E-state index contributed by atoms with van der Waals surface area (Å²) in [4.78, 5) is 0. The number of halogens is 1. The number of alkyl halides is 1. The van der Waals surface area contributed by atoms with E-state index in [-0.39, 0.29) is 0 Å². The van der Waals surface area contributed by atoms with Crippen LogP contribution in [0.25, 0.3) is 0 Å². The second-order valence-corrected chi connectivity index (χ2v) is 2.68. The SMILES string of the molecule is ClC/C=C/CNc1ccccc1. The Balaban J connectivity index is 2.29. The van der Waals surface area contributed by atoms with Crippen LogP contribution in [0.3, 0.4) is 0 Å². The predicted octanol–water partition coefficient (Wildman–Crippen LogP) is 2.89. The minimum atomic E-state index is 0.580. The van der Waals surface area contributed by atoms with Gasteiger partial charge in [-0.25, -0.2) is 0 Å². The molecule has 1 aromatic carbocycles. The van der Waals surface area contributed by atoms with Crippen molar-refractivity contribution >= 4 is 17.3 Å². The minimum Gasteiger partial charge on any atom is -0.382 e. The van der Waals surface area contributed by atoms with Gasteiger partial charge in [-0.15, -0.1) is 11.6 Å². The lowest BCUT2D eigenvalue weighted by Crippen LogP contribution is -1.97. The molecule has 0 heterocycles. The normalized spacial score (nSPS) is 10.4. The average Bonchev–Trinajstić information content (AvgIpc) is 2.14. The topological polar surface area (TPSA) is 12.0 Å². The first-order valence-electron chi connectivity index (χ1n) is 3.93. The van der Waals surface area contributed by atoms with Crippen molar-refractivity contribution in [3.8, 4) is 0 Å². The fraction of sp³-hybridized carbons (Fsp3) is 0.200. The van der Waals surface area contributed by atoms with Crippen LogP contribution in [0, 0.1) is 0 Å². The molecule has 0 radical (unpaired) electrons. The van der Waals surface area contributed by atoms with E-state index in [4.69, 9.17) is 11.6 Å². The second kappa shape index (κ2) is 5.67. The highest BCUT2D eigenvalue weighted by molar-refractivity contribution is 6.18. The Morgan fingerprint density at radius 3 is 2.58 bits per heavy atom. The first kappa shape index (κ1) is 9.14. The molecule has 0 unspecified atom stereocenters. The van der Waals surface area contributed by atoms with E-state index in [9.17, 15) is 0 Å². The smallest absolute Gasteiger partial charge is 0.0404 e. The van der Waals surface area contributed by atoms with Gasteiger partial charge in [0.1, 0.15) is 0 Å². The van der Waals surface area contributed by atoms with E-state index in [0.717, 1.165) is 12.2 Å². The van der Waals surface area contributed by atoms with Crippen molar-refractivity contribution in [1.29, 1.82) is 0 Å². The minimum absolute atomic E-state index is 0.580. The van der Waals surface area contributed by atoms with E-state index < -0.39 is 0 Å². The summed E-state index contributed by atoms with van der Waals surface area (Å²) in [7, 11) is 0. The summed E-state index contributed by atoms with van der Waals surface area (Å²) in [6.07, 6.45) is 3.94. The number of hydrogen-bond donors (Lipinski definition) is 1. The van der Waals surface area contributed by atoms with Gasteiger partial charge in [0.2, 0.25) is 0 Å². The summed E-state index contributed by atoms with van der Waals surface area (Å²) in [5.74, 6) is 0.580. The molecule has 0 fully saturated rings. The van der Waals surface area contributed by atoms with E-state index in [1.165, 1.54) is 0 Å². The first-order chi connectivity index (χ1) is 5.93. The third-order valence-corrected chi connectivity index (χ3v) is 1.63.